The lowest BCUT2D eigenvalue weighted by Gasteiger charge is -2.10. The minimum Gasteiger partial charge on any atom is -0.464 e. The predicted molar refractivity (Wildman–Crippen MR) is 111 cm³/mol. The van der Waals surface area contributed by atoms with Gasteiger partial charge in [-0.2, -0.15) is 0 Å². The van der Waals surface area contributed by atoms with Crippen LogP contribution in [0.5, 0.6) is 11.5 Å². The number of para-hydroxylation sites is 1. The molecule has 0 spiro atoms. The molecule has 0 aliphatic rings. The number of carbonyl (C=O) groups excluding carboxylic acids is 2. The van der Waals surface area contributed by atoms with Gasteiger partial charge in [0.1, 0.15) is 17.2 Å². The van der Waals surface area contributed by atoms with Crippen LogP contribution in [0.25, 0.3) is 0 Å². The predicted octanol–water partition coefficient (Wildman–Crippen LogP) is 4.34. The van der Waals surface area contributed by atoms with E-state index >= 15 is 0 Å². The van der Waals surface area contributed by atoms with Gasteiger partial charge in [0.05, 0.1) is 7.11 Å². The molecule has 0 atom stereocenters. The fourth-order valence-electron chi connectivity index (χ4n) is 2.44. The summed E-state index contributed by atoms with van der Waals surface area (Å²) in [6.45, 7) is 0. The Morgan fingerprint density at radius 1 is 0.793 bits per heavy atom. The van der Waals surface area contributed by atoms with Crippen LogP contribution in [-0.4, -0.2) is 19.0 Å². The zero-order valence-electron chi connectivity index (χ0n) is 15.8. The molecule has 1 amide bonds. The van der Waals surface area contributed by atoms with Crippen molar-refractivity contribution in [3.63, 3.8) is 0 Å². The van der Waals surface area contributed by atoms with Crippen molar-refractivity contribution in [1.29, 1.82) is 0 Å². The highest BCUT2D eigenvalue weighted by atomic mass is 16.5. The van der Waals surface area contributed by atoms with Gasteiger partial charge < -0.3 is 20.1 Å². The zero-order valence-corrected chi connectivity index (χ0v) is 15.8. The number of amides is 1. The molecular formula is C23H20N2O4. The molecule has 0 aliphatic carbocycles. The zero-order chi connectivity index (χ0) is 20.5. The summed E-state index contributed by atoms with van der Waals surface area (Å²) in [6, 6.07) is 25.2. The molecule has 146 valence electrons. The standard InChI is InChI=1S/C23H20N2O4/c1-28-23(27)21(25-22(26)17-8-4-2-5-9-17)16-24-18-12-14-20(15-13-18)29-19-10-6-3-7-11-19/h2-16,24H,1H3,(H,25,26)/b21-16+. The molecular weight excluding hydrogens is 368 g/mol. The summed E-state index contributed by atoms with van der Waals surface area (Å²) < 4.78 is 10.5. The van der Waals surface area contributed by atoms with Gasteiger partial charge in [-0.05, 0) is 48.5 Å². The molecule has 0 fully saturated rings. The highest BCUT2D eigenvalue weighted by molar-refractivity contribution is 6.01. The van der Waals surface area contributed by atoms with E-state index in [1.54, 1.807) is 54.6 Å². The minimum atomic E-state index is -0.661. The van der Waals surface area contributed by atoms with Crippen molar-refractivity contribution in [2.75, 3.05) is 12.4 Å². The molecule has 2 N–H and O–H groups in total. The average molecular weight is 388 g/mol. The molecule has 3 aromatic carbocycles. The maximum absolute atomic E-state index is 12.3. The Hall–Kier alpha value is -4.06. The van der Waals surface area contributed by atoms with Gasteiger partial charge in [0.25, 0.3) is 5.91 Å². The number of benzene rings is 3. The number of esters is 1. The Balaban J connectivity index is 1.67. The first-order chi connectivity index (χ1) is 14.2. The minimum absolute atomic E-state index is 0.00837. The Morgan fingerprint density at radius 2 is 1.38 bits per heavy atom. The van der Waals surface area contributed by atoms with E-state index in [-0.39, 0.29) is 5.70 Å². The van der Waals surface area contributed by atoms with Crippen molar-refractivity contribution in [2.24, 2.45) is 0 Å². The van der Waals surface area contributed by atoms with E-state index in [1.165, 1.54) is 13.3 Å². The van der Waals surface area contributed by atoms with E-state index in [2.05, 4.69) is 10.6 Å². The SMILES string of the molecule is COC(=O)/C(=C\Nc1ccc(Oc2ccccc2)cc1)NC(=O)c1ccccc1. The molecule has 0 heterocycles. The highest BCUT2D eigenvalue weighted by Crippen LogP contribution is 2.22. The molecule has 0 unspecified atom stereocenters. The largest absolute Gasteiger partial charge is 0.464 e. The number of ether oxygens (including phenoxy) is 2. The maximum atomic E-state index is 12.3. The van der Waals surface area contributed by atoms with Crippen LogP contribution in [0.1, 0.15) is 10.4 Å². The number of nitrogens with one attached hydrogen (secondary N) is 2. The van der Waals surface area contributed by atoms with Gasteiger partial charge >= 0.3 is 5.97 Å². The van der Waals surface area contributed by atoms with Crippen molar-refractivity contribution in [3.05, 3.63) is 102 Å². The number of anilines is 1. The molecule has 0 radical (unpaired) electrons. The molecule has 6 nitrogen and oxygen atoms in total. The van der Waals surface area contributed by atoms with Gasteiger partial charge in [-0.15, -0.1) is 0 Å². The van der Waals surface area contributed by atoms with Crippen LogP contribution in [0.3, 0.4) is 0 Å². The van der Waals surface area contributed by atoms with E-state index < -0.39 is 11.9 Å². The van der Waals surface area contributed by atoms with E-state index in [4.69, 9.17) is 9.47 Å². The van der Waals surface area contributed by atoms with Crippen LogP contribution in [-0.2, 0) is 9.53 Å². The number of carbonyl (C=O) groups is 2. The lowest BCUT2D eigenvalue weighted by atomic mass is 10.2. The number of rotatable bonds is 7. The van der Waals surface area contributed by atoms with E-state index in [9.17, 15) is 9.59 Å². The first kappa shape index (κ1) is 19.7. The normalized spacial score (nSPS) is 10.7. The van der Waals surface area contributed by atoms with E-state index in [1.807, 2.05) is 30.3 Å². The molecule has 6 heteroatoms. The Kier molecular flexibility index (Phi) is 6.62. The van der Waals surface area contributed by atoms with Gasteiger partial charge in [0.15, 0.2) is 0 Å². The molecule has 0 aromatic heterocycles. The lowest BCUT2D eigenvalue weighted by Crippen LogP contribution is -2.28. The second-order valence-corrected chi connectivity index (χ2v) is 5.95. The maximum Gasteiger partial charge on any atom is 0.356 e. The summed E-state index contributed by atoms with van der Waals surface area (Å²) in [5.41, 5.74) is 1.14. The van der Waals surface area contributed by atoms with Gasteiger partial charge in [-0.25, -0.2) is 4.79 Å². The summed E-state index contributed by atoms with van der Waals surface area (Å²) >= 11 is 0. The summed E-state index contributed by atoms with van der Waals surface area (Å²) in [5, 5.41) is 5.53. The van der Waals surface area contributed by atoms with Crippen LogP contribution in [0.15, 0.2) is 96.8 Å². The molecule has 0 bridgehead atoms. The van der Waals surface area contributed by atoms with Gasteiger partial charge in [-0.3, -0.25) is 4.79 Å². The quantitative estimate of drug-likeness (QED) is 0.465. The third-order valence-corrected chi connectivity index (χ3v) is 3.91. The van der Waals surface area contributed by atoms with E-state index in [0.717, 1.165) is 5.75 Å². The second kappa shape index (κ2) is 9.75. The third-order valence-electron chi connectivity index (χ3n) is 3.91. The van der Waals surface area contributed by atoms with Crippen LogP contribution in [0.2, 0.25) is 0 Å². The van der Waals surface area contributed by atoms with Gasteiger partial charge in [0.2, 0.25) is 0 Å². The Bertz CT molecular complexity index is 984. The molecule has 29 heavy (non-hydrogen) atoms. The summed E-state index contributed by atoms with van der Waals surface area (Å²) in [6.07, 6.45) is 1.39. The van der Waals surface area contributed by atoms with Crippen molar-refractivity contribution >= 4 is 17.6 Å². The monoisotopic (exact) mass is 388 g/mol. The molecule has 3 rings (SSSR count). The molecule has 0 aliphatic heterocycles. The van der Waals surface area contributed by atoms with E-state index in [0.29, 0.717) is 17.0 Å². The molecule has 0 saturated carbocycles. The fourth-order valence-corrected chi connectivity index (χ4v) is 2.44. The van der Waals surface area contributed by atoms with Crippen LogP contribution in [0, 0.1) is 0 Å². The van der Waals surface area contributed by atoms with Crippen LogP contribution in [0.4, 0.5) is 5.69 Å². The Labute approximate surface area is 168 Å². The summed E-state index contributed by atoms with van der Waals surface area (Å²) in [7, 11) is 1.25. The fraction of sp³-hybridized carbons (Fsp3) is 0.0435. The number of hydrogen-bond acceptors (Lipinski definition) is 5. The molecule has 0 saturated heterocycles. The first-order valence-electron chi connectivity index (χ1n) is 8.90. The van der Waals surface area contributed by atoms with Crippen LogP contribution < -0.4 is 15.4 Å². The highest BCUT2D eigenvalue weighted by Gasteiger charge is 2.14. The van der Waals surface area contributed by atoms with Crippen molar-refractivity contribution in [1.82, 2.24) is 5.32 Å². The smallest absolute Gasteiger partial charge is 0.356 e. The third kappa shape index (κ3) is 5.71. The molecule has 3 aromatic rings. The number of methoxy groups -OCH3 is 1. The van der Waals surface area contributed by atoms with Gasteiger partial charge in [0, 0.05) is 17.5 Å². The second-order valence-electron chi connectivity index (χ2n) is 5.95. The Morgan fingerprint density at radius 3 is 2.00 bits per heavy atom. The number of hydrogen-bond donors (Lipinski definition) is 2. The average Bonchev–Trinajstić information content (AvgIpc) is 2.78. The summed E-state index contributed by atoms with van der Waals surface area (Å²) in [4.78, 5) is 24.3. The topological polar surface area (TPSA) is 76.7 Å². The first-order valence-corrected chi connectivity index (χ1v) is 8.90. The summed E-state index contributed by atoms with van der Waals surface area (Å²) in [5.74, 6) is 0.350. The van der Waals surface area contributed by atoms with Crippen molar-refractivity contribution in [2.45, 2.75) is 0 Å². The van der Waals surface area contributed by atoms with Crippen LogP contribution >= 0.6 is 0 Å². The van der Waals surface area contributed by atoms with Crippen molar-refractivity contribution in [3.8, 4) is 11.5 Å². The lowest BCUT2D eigenvalue weighted by molar-refractivity contribution is -0.136. The van der Waals surface area contributed by atoms with Crippen molar-refractivity contribution < 1.29 is 19.1 Å². The van der Waals surface area contributed by atoms with Gasteiger partial charge in [-0.1, -0.05) is 36.4 Å².